The highest BCUT2D eigenvalue weighted by Gasteiger charge is 2.13. The molecule has 2 aliphatic carbocycles. The van der Waals surface area contributed by atoms with Crippen molar-refractivity contribution in [2.45, 2.75) is 37.8 Å². The van der Waals surface area contributed by atoms with Crippen LogP contribution in [0.2, 0.25) is 0 Å². The molecule has 3 rings (SSSR count). The van der Waals surface area contributed by atoms with Gasteiger partial charge in [0.1, 0.15) is 18.0 Å². The van der Waals surface area contributed by atoms with Crippen LogP contribution in [0.25, 0.3) is 0 Å². The molecule has 0 spiro atoms. The van der Waals surface area contributed by atoms with Gasteiger partial charge in [-0.1, -0.05) is 24.3 Å². The molecule has 0 fully saturated rings. The van der Waals surface area contributed by atoms with Gasteiger partial charge >= 0.3 is 0 Å². The Kier molecular flexibility index (Phi) is 3.26. The molecule has 2 aliphatic rings. The fourth-order valence-electron chi connectivity index (χ4n) is 2.40. The minimum Gasteiger partial charge on any atom is -0.367 e. The van der Waals surface area contributed by atoms with Crippen molar-refractivity contribution < 1.29 is 0 Å². The summed E-state index contributed by atoms with van der Waals surface area (Å²) < 4.78 is 0. The molecule has 0 saturated heterocycles. The number of rotatable bonds is 4. The Labute approximate surface area is 107 Å². The van der Waals surface area contributed by atoms with Gasteiger partial charge in [-0.05, 0) is 25.7 Å². The zero-order valence-corrected chi connectivity index (χ0v) is 10.3. The van der Waals surface area contributed by atoms with E-state index in [2.05, 4.69) is 44.9 Å². The Morgan fingerprint density at radius 3 is 1.67 bits per heavy atom. The van der Waals surface area contributed by atoms with Crippen LogP contribution in [-0.2, 0) is 0 Å². The summed E-state index contributed by atoms with van der Waals surface area (Å²) in [5.74, 6) is 1.82. The highest BCUT2D eigenvalue weighted by Crippen LogP contribution is 2.19. The first-order valence-corrected chi connectivity index (χ1v) is 6.55. The molecule has 18 heavy (non-hydrogen) atoms. The van der Waals surface area contributed by atoms with Crippen molar-refractivity contribution in [1.29, 1.82) is 0 Å². The number of nitrogens with one attached hydrogen (secondary N) is 2. The predicted molar refractivity (Wildman–Crippen MR) is 73.6 cm³/mol. The quantitative estimate of drug-likeness (QED) is 0.797. The average molecular weight is 242 g/mol. The summed E-state index contributed by atoms with van der Waals surface area (Å²) in [7, 11) is 0. The fraction of sp³-hybridized carbons (Fsp3) is 0.429. The normalized spacial score (nSPS) is 19.6. The van der Waals surface area contributed by atoms with Gasteiger partial charge < -0.3 is 10.6 Å². The van der Waals surface area contributed by atoms with Gasteiger partial charge in [-0.15, -0.1) is 0 Å². The van der Waals surface area contributed by atoms with E-state index < -0.39 is 0 Å². The summed E-state index contributed by atoms with van der Waals surface area (Å²) in [5.41, 5.74) is 0. The second kappa shape index (κ2) is 5.21. The highest BCUT2D eigenvalue weighted by atomic mass is 15.1. The van der Waals surface area contributed by atoms with E-state index in [-0.39, 0.29) is 0 Å². The van der Waals surface area contributed by atoms with Crippen molar-refractivity contribution in [1.82, 2.24) is 9.97 Å². The molecular formula is C14H18N4. The SMILES string of the molecule is C1=CCC(Nc2cc(NC3CC=CC3)ncn2)C1. The zero-order valence-electron chi connectivity index (χ0n) is 10.3. The third kappa shape index (κ3) is 2.70. The van der Waals surface area contributed by atoms with Crippen LogP contribution in [0, 0.1) is 0 Å². The number of anilines is 2. The third-order valence-corrected chi connectivity index (χ3v) is 3.39. The lowest BCUT2D eigenvalue weighted by Gasteiger charge is -2.15. The lowest BCUT2D eigenvalue weighted by molar-refractivity contribution is 0.772. The second-order valence-corrected chi connectivity index (χ2v) is 4.86. The van der Waals surface area contributed by atoms with Gasteiger partial charge in [0.2, 0.25) is 0 Å². The van der Waals surface area contributed by atoms with Gasteiger partial charge in [-0.25, -0.2) is 9.97 Å². The largest absolute Gasteiger partial charge is 0.367 e. The molecule has 0 aromatic carbocycles. The Bertz CT molecular complexity index is 411. The van der Waals surface area contributed by atoms with E-state index in [1.807, 2.05) is 6.07 Å². The monoisotopic (exact) mass is 242 g/mol. The lowest BCUT2D eigenvalue weighted by atomic mass is 10.2. The van der Waals surface area contributed by atoms with Gasteiger partial charge in [-0.2, -0.15) is 0 Å². The molecule has 94 valence electrons. The van der Waals surface area contributed by atoms with Crippen LogP contribution in [0.3, 0.4) is 0 Å². The van der Waals surface area contributed by atoms with E-state index in [0.29, 0.717) is 12.1 Å². The predicted octanol–water partition coefficient (Wildman–Crippen LogP) is 2.74. The average Bonchev–Trinajstić information content (AvgIpc) is 3.03. The molecular weight excluding hydrogens is 224 g/mol. The van der Waals surface area contributed by atoms with E-state index in [9.17, 15) is 0 Å². The van der Waals surface area contributed by atoms with Crippen LogP contribution >= 0.6 is 0 Å². The molecule has 1 aromatic rings. The van der Waals surface area contributed by atoms with Crippen LogP contribution in [-0.4, -0.2) is 22.1 Å². The molecule has 4 nitrogen and oxygen atoms in total. The van der Waals surface area contributed by atoms with E-state index in [0.717, 1.165) is 37.3 Å². The molecule has 1 aromatic heterocycles. The van der Waals surface area contributed by atoms with Gasteiger partial charge in [0.15, 0.2) is 0 Å². The third-order valence-electron chi connectivity index (χ3n) is 3.39. The smallest absolute Gasteiger partial charge is 0.131 e. The van der Waals surface area contributed by atoms with E-state index in [1.54, 1.807) is 6.33 Å². The summed E-state index contributed by atoms with van der Waals surface area (Å²) in [6.45, 7) is 0. The Balaban J connectivity index is 1.61. The number of hydrogen-bond donors (Lipinski definition) is 2. The van der Waals surface area contributed by atoms with Crippen molar-refractivity contribution in [2.24, 2.45) is 0 Å². The lowest BCUT2D eigenvalue weighted by Crippen LogP contribution is -2.18. The summed E-state index contributed by atoms with van der Waals surface area (Å²) >= 11 is 0. The van der Waals surface area contributed by atoms with Gasteiger partial charge in [0.25, 0.3) is 0 Å². The Hall–Kier alpha value is -1.84. The van der Waals surface area contributed by atoms with E-state index in [4.69, 9.17) is 0 Å². The van der Waals surface area contributed by atoms with Crippen LogP contribution in [0.1, 0.15) is 25.7 Å². The van der Waals surface area contributed by atoms with Crippen molar-refractivity contribution in [3.05, 3.63) is 36.7 Å². The van der Waals surface area contributed by atoms with Crippen LogP contribution in [0.4, 0.5) is 11.6 Å². The zero-order chi connectivity index (χ0) is 12.2. The molecule has 0 atom stereocenters. The van der Waals surface area contributed by atoms with Crippen molar-refractivity contribution >= 4 is 11.6 Å². The molecule has 1 heterocycles. The van der Waals surface area contributed by atoms with E-state index in [1.165, 1.54) is 0 Å². The highest BCUT2D eigenvalue weighted by molar-refractivity contribution is 5.48. The number of nitrogens with zero attached hydrogens (tertiary/aromatic N) is 2. The fourth-order valence-corrected chi connectivity index (χ4v) is 2.40. The summed E-state index contributed by atoms with van der Waals surface area (Å²) in [6, 6.07) is 2.97. The van der Waals surface area contributed by atoms with Crippen LogP contribution in [0.5, 0.6) is 0 Å². The van der Waals surface area contributed by atoms with Crippen molar-refractivity contribution in [2.75, 3.05) is 10.6 Å². The Morgan fingerprint density at radius 1 is 0.778 bits per heavy atom. The topological polar surface area (TPSA) is 49.8 Å². The minimum absolute atomic E-state index is 0.487. The molecule has 0 amide bonds. The van der Waals surface area contributed by atoms with Crippen molar-refractivity contribution in [3.63, 3.8) is 0 Å². The number of aromatic nitrogens is 2. The molecule has 0 bridgehead atoms. The maximum absolute atomic E-state index is 4.27. The maximum Gasteiger partial charge on any atom is 0.131 e. The maximum atomic E-state index is 4.27. The second-order valence-electron chi connectivity index (χ2n) is 4.86. The van der Waals surface area contributed by atoms with Gasteiger partial charge in [-0.3, -0.25) is 0 Å². The summed E-state index contributed by atoms with van der Waals surface area (Å²) in [6.07, 6.45) is 14.8. The van der Waals surface area contributed by atoms with Crippen molar-refractivity contribution in [3.8, 4) is 0 Å². The first kappa shape index (κ1) is 11.3. The Morgan fingerprint density at radius 2 is 1.22 bits per heavy atom. The molecule has 0 aliphatic heterocycles. The first-order chi connectivity index (χ1) is 8.90. The molecule has 0 radical (unpaired) electrons. The van der Waals surface area contributed by atoms with Gasteiger partial charge in [0.05, 0.1) is 0 Å². The van der Waals surface area contributed by atoms with Crippen LogP contribution < -0.4 is 10.6 Å². The number of hydrogen-bond acceptors (Lipinski definition) is 4. The summed E-state index contributed by atoms with van der Waals surface area (Å²) in [4.78, 5) is 8.54. The molecule has 2 N–H and O–H groups in total. The molecule has 4 heteroatoms. The summed E-state index contributed by atoms with van der Waals surface area (Å²) in [5, 5.41) is 6.87. The molecule has 0 unspecified atom stereocenters. The first-order valence-electron chi connectivity index (χ1n) is 6.55. The minimum atomic E-state index is 0.487. The van der Waals surface area contributed by atoms with Crippen LogP contribution in [0.15, 0.2) is 36.7 Å². The van der Waals surface area contributed by atoms with E-state index >= 15 is 0 Å². The standard InChI is InChI=1S/C14H18N4/c1-2-6-11(5-1)17-13-9-14(16-10-15-13)18-12-7-3-4-8-12/h1-4,9-12H,5-8H2,(H2,15,16,17,18). The van der Waals surface area contributed by atoms with Gasteiger partial charge in [0, 0.05) is 18.2 Å². The molecule has 0 saturated carbocycles.